The molecule has 0 fully saturated rings. The van der Waals surface area contributed by atoms with Crippen LogP contribution in [0, 0.1) is 0 Å². The molecule has 4 rings (SSSR count). The fourth-order valence-electron chi connectivity index (χ4n) is 2.94. The lowest BCUT2D eigenvalue weighted by atomic mass is 9.96. The predicted octanol–water partition coefficient (Wildman–Crippen LogP) is 3.76. The minimum atomic E-state index is -0.224. The Bertz CT molecular complexity index is 1080. The van der Waals surface area contributed by atoms with Crippen LogP contribution >= 0.6 is 0 Å². The highest BCUT2D eigenvalue weighted by Crippen LogP contribution is 2.25. The molecular weight excluding hydrogens is 314 g/mol. The van der Waals surface area contributed by atoms with Crippen molar-refractivity contribution in [2.24, 2.45) is 0 Å². The van der Waals surface area contributed by atoms with Crippen molar-refractivity contribution >= 4 is 28.0 Å². The molecule has 25 heavy (non-hydrogen) atoms. The second-order valence-corrected chi connectivity index (χ2v) is 7.12. The Hall–Kier alpha value is -3.15. The van der Waals surface area contributed by atoms with E-state index in [1.54, 1.807) is 6.20 Å². The third-order valence-corrected chi connectivity index (χ3v) is 4.13. The van der Waals surface area contributed by atoms with E-state index < -0.39 is 0 Å². The van der Waals surface area contributed by atoms with Gasteiger partial charge < -0.3 is 9.72 Å². The van der Waals surface area contributed by atoms with Crippen LogP contribution in [0.15, 0.2) is 48.8 Å². The summed E-state index contributed by atoms with van der Waals surface area (Å²) >= 11 is 0. The summed E-state index contributed by atoms with van der Waals surface area (Å²) in [5, 5.41) is 10.8. The molecule has 0 unspecified atom stereocenters. The summed E-state index contributed by atoms with van der Waals surface area (Å²) in [6.07, 6.45) is 3.69. The number of carbonyl (C=O) groups excluding carboxylic acids is 1. The Kier molecular flexibility index (Phi) is 3.35. The van der Waals surface area contributed by atoms with Gasteiger partial charge in [-0.3, -0.25) is 9.89 Å². The minimum Gasteiger partial charge on any atom is -0.321 e. The average Bonchev–Trinajstić information content (AvgIpc) is 3.18. The van der Waals surface area contributed by atoms with Crippen molar-refractivity contribution in [1.82, 2.24) is 19.6 Å². The molecule has 0 bridgehead atoms. The number of fused-ring (bicyclic) bond motifs is 2. The zero-order chi connectivity index (χ0) is 17.6. The van der Waals surface area contributed by atoms with E-state index in [2.05, 4.69) is 41.3 Å². The van der Waals surface area contributed by atoms with Crippen molar-refractivity contribution in [3.8, 4) is 0 Å². The number of hydrogen-bond donors (Lipinski definition) is 2. The van der Waals surface area contributed by atoms with Gasteiger partial charge in [0.25, 0.3) is 5.91 Å². The molecule has 4 aromatic rings. The van der Waals surface area contributed by atoms with Crippen molar-refractivity contribution in [3.05, 3.63) is 60.3 Å². The van der Waals surface area contributed by atoms with Crippen LogP contribution in [0.1, 0.15) is 37.1 Å². The lowest BCUT2D eigenvalue weighted by Crippen LogP contribution is -2.16. The summed E-state index contributed by atoms with van der Waals surface area (Å²) in [5.74, 6) is 0.635. The van der Waals surface area contributed by atoms with Crippen LogP contribution in [0.3, 0.4) is 0 Å². The topological polar surface area (TPSA) is 75.1 Å². The molecule has 6 heteroatoms. The third-order valence-electron chi connectivity index (χ3n) is 4.13. The third kappa shape index (κ3) is 2.65. The van der Waals surface area contributed by atoms with Crippen molar-refractivity contribution < 1.29 is 4.79 Å². The molecule has 126 valence electrons. The number of hydrogen-bond acceptors (Lipinski definition) is 3. The summed E-state index contributed by atoms with van der Waals surface area (Å²) < 4.78 is 1.98. The number of H-pyrrole nitrogens is 1. The Morgan fingerprint density at radius 2 is 2.04 bits per heavy atom. The molecule has 0 saturated heterocycles. The zero-order valence-corrected chi connectivity index (χ0v) is 14.4. The van der Waals surface area contributed by atoms with Crippen LogP contribution in [0.2, 0.25) is 0 Å². The first-order valence-electron chi connectivity index (χ1n) is 8.15. The molecular formula is C19H19N5O. The Balaban J connectivity index is 1.74. The Labute approximate surface area is 144 Å². The fourth-order valence-corrected chi connectivity index (χ4v) is 2.94. The molecule has 0 aliphatic heterocycles. The van der Waals surface area contributed by atoms with Crippen molar-refractivity contribution in [2.75, 3.05) is 5.32 Å². The highest BCUT2D eigenvalue weighted by atomic mass is 16.1. The van der Waals surface area contributed by atoms with Gasteiger partial charge >= 0.3 is 0 Å². The summed E-state index contributed by atoms with van der Waals surface area (Å²) in [5.41, 5.74) is 2.64. The van der Waals surface area contributed by atoms with Crippen LogP contribution in [0.5, 0.6) is 0 Å². The SMILES string of the molecule is CC(C)(C)c1nc(C(=O)Nc2ccc3cn[nH]c3c2)c2ccccn12. The van der Waals surface area contributed by atoms with Crippen molar-refractivity contribution in [1.29, 1.82) is 0 Å². The molecule has 0 spiro atoms. The van der Waals surface area contributed by atoms with Gasteiger partial charge in [-0.25, -0.2) is 4.98 Å². The van der Waals surface area contributed by atoms with Gasteiger partial charge in [-0.15, -0.1) is 0 Å². The first kappa shape index (κ1) is 15.4. The van der Waals surface area contributed by atoms with Crippen molar-refractivity contribution in [3.63, 3.8) is 0 Å². The number of imidazole rings is 1. The molecule has 1 amide bonds. The van der Waals surface area contributed by atoms with Crippen LogP contribution in [-0.2, 0) is 5.41 Å². The number of aromatic amines is 1. The summed E-state index contributed by atoms with van der Waals surface area (Å²) in [7, 11) is 0. The fraction of sp³-hybridized carbons (Fsp3) is 0.211. The second-order valence-electron chi connectivity index (χ2n) is 7.12. The van der Waals surface area contributed by atoms with E-state index in [4.69, 9.17) is 0 Å². The van der Waals surface area contributed by atoms with E-state index in [0.717, 1.165) is 22.2 Å². The average molecular weight is 333 g/mol. The number of rotatable bonds is 2. The standard InChI is InChI=1S/C19H19N5O/c1-19(2,3)18-22-16(15-6-4-5-9-24(15)18)17(25)21-13-8-7-12-11-20-23-14(12)10-13/h4-11H,1-3H3,(H,20,23)(H,21,25). The van der Waals surface area contributed by atoms with E-state index in [9.17, 15) is 4.79 Å². The summed E-state index contributed by atoms with van der Waals surface area (Å²) in [6.45, 7) is 6.26. The maximum atomic E-state index is 12.8. The smallest absolute Gasteiger partial charge is 0.276 e. The van der Waals surface area contributed by atoms with Gasteiger partial charge in [-0.1, -0.05) is 26.8 Å². The number of anilines is 1. The summed E-state index contributed by atoms with van der Waals surface area (Å²) in [4.78, 5) is 17.5. The molecule has 2 N–H and O–H groups in total. The number of pyridine rings is 1. The maximum absolute atomic E-state index is 12.8. The van der Waals surface area contributed by atoms with Crippen LogP contribution in [0.4, 0.5) is 5.69 Å². The van der Waals surface area contributed by atoms with E-state index in [0.29, 0.717) is 11.4 Å². The number of aromatic nitrogens is 4. The van der Waals surface area contributed by atoms with Gasteiger partial charge in [0.2, 0.25) is 0 Å². The lowest BCUT2D eigenvalue weighted by Gasteiger charge is -2.16. The predicted molar refractivity (Wildman–Crippen MR) is 97.9 cm³/mol. The molecule has 0 aliphatic rings. The first-order chi connectivity index (χ1) is 11.9. The van der Waals surface area contributed by atoms with Crippen molar-refractivity contribution in [2.45, 2.75) is 26.2 Å². The van der Waals surface area contributed by atoms with Gasteiger partial charge in [0, 0.05) is 22.7 Å². The molecule has 3 aromatic heterocycles. The summed E-state index contributed by atoms with van der Waals surface area (Å²) in [6, 6.07) is 11.4. The van der Waals surface area contributed by atoms with Gasteiger partial charge in [-0.05, 0) is 30.3 Å². The Morgan fingerprint density at radius 1 is 1.20 bits per heavy atom. The van der Waals surface area contributed by atoms with Gasteiger partial charge in [0.15, 0.2) is 5.69 Å². The minimum absolute atomic E-state index is 0.169. The molecule has 0 atom stereocenters. The molecule has 0 aliphatic carbocycles. The molecule has 6 nitrogen and oxygen atoms in total. The molecule has 0 saturated carbocycles. The zero-order valence-electron chi connectivity index (χ0n) is 14.4. The number of amides is 1. The Morgan fingerprint density at radius 3 is 2.84 bits per heavy atom. The van der Waals surface area contributed by atoms with E-state index in [1.807, 2.05) is 47.0 Å². The molecule has 0 radical (unpaired) electrons. The quantitative estimate of drug-likeness (QED) is 0.586. The molecule has 1 aromatic carbocycles. The maximum Gasteiger partial charge on any atom is 0.276 e. The van der Waals surface area contributed by atoms with Gasteiger partial charge in [0.1, 0.15) is 5.82 Å². The normalized spacial score (nSPS) is 12.0. The lowest BCUT2D eigenvalue weighted by molar-refractivity contribution is 0.102. The van der Waals surface area contributed by atoms with Crippen LogP contribution in [0.25, 0.3) is 16.4 Å². The van der Waals surface area contributed by atoms with E-state index >= 15 is 0 Å². The number of nitrogens with zero attached hydrogens (tertiary/aromatic N) is 3. The van der Waals surface area contributed by atoms with Crippen LogP contribution in [-0.4, -0.2) is 25.5 Å². The van der Waals surface area contributed by atoms with E-state index in [1.165, 1.54) is 0 Å². The highest BCUT2D eigenvalue weighted by Gasteiger charge is 2.25. The highest BCUT2D eigenvalue weighted by molar-refractivity contribution is 6.08. The largest absolute Gasteiger partial charge is 0.321 e. The number of nitrogens with one attached hydrogen (secondary N) is 2. The number of carbonyl (C=O) groups is 1. The van der Waals surface area contributed by atoms with Crippen LogP contribution < -0.4 is 5.32 Å². The van der Waals surface area contributed by atoms with E-state index in [-0.39, 0.29) is 11.3 Å². The molecule has 3 heterocycles. The first-order valence-corrected chi connectivity index (χ1v) is 8.15. The monoisotopic (exact) mass is 333 g/mol. The van der Waals surface area contributed by atoms with Gasteiger partial charge in [-0.2, -0.15) is 5.10 Å². The second kappa shape index (κ2) is 5.44. The number of benzene rings is 1. The van der Waals surface area contributed by atoms with Gasteiger partial charge in [0.05, 0.1) is 17.2 Å².